The highest BCUT2D eigenvalue weighted by Crippen LogP contribution is 2.39. The highest BCUT2D eigenvalue weighted by atomic mass is 16.7. The number of aromatic nitrogens is 1. The fourth-order valence-electron chi connectivity index (χ4n) is 3.99. The van der Waals surface area contributed by atoms with Gasteiger partial charge in [0.1, 0.15) is 6.10 Å². The molecule has 1 aliphatic heterocycles. The third kappa shape index (κ3) is 2.70. The van der Waals surface area contributed by atoms with Gasteiger partial charge in [-0.15, -0.1) is 0 Å². The van der Waals surface area contributed by atoms with Gasteiger partial charge in [-0.3, -0.25) is 4.98 Å². The van der Waals surface area contributed by atoms with Gasteiger partial charge in [-0.2, -0.15) is 0 Å². The average molecular weight is 357 g/mol. The molecule has 0 N–H and O–H groups in total. The van der Waals surface area contributed by atoms with Crippen molar-refractivity contribution in [2.24, 2.45) is 0 Å². The monoisotopic (exact) mass is 357 g/mol. The van der Waals surface area contributed by atoms with Gasteiger partial charge in [0, 0.05) is 24.3 Å². The van der Waals surface area contributed by atoms with Crippen molar-refractivity contribution >= 4 is 29.4 Å². The topological polar surface area (TPSA) is 40.6 Å². The zero-order valence-corrected chi connectivity index (χ0v) is 15.3. The highest BCUT2D eigenvalue weighted by molar-refractivity contribution is 6.62. The van der Waals surface area contributed by atoms with Crippen molar-refractivity contribution in [2.75, 3.05) is 7.11 Å². The van der Waals surface area contributed by atoms with E-state index in [1.807, 2.05) is 37.4 Å². The summed E-state index contributed by atoms with van der Waals surface area (Å²) in [4.78, 5) is 4.71. The van der Waals surface area contributed by atoms with Crippen LogP contribution in [0.2, 0.25) is 0 Å². The molecule has 27 heavy (non-hydrogen) atoms. The first-order chi connectivity index (χ1) is 13.3. The molecule has 0 unspecified atom stereocenters. The molecule has 134 valence electrons. The van der Waals surface area contributed by atoms with Crippen molar-refractivity contribution in [3.63, 3.8) is 0 Å². The van der Waals surface area contributed by atoms with Crippen molar-refractivity contribution in [3.8, 4) is 0 Å². The normalized spacial score (nSPS) is 21.9. The van der Waals surface area contributed by atoms with Gasteiger partial charge in [-0.05, 0) is 23.3 Å². The van der Waals surface area contributed by atoms with E-state index in [1.165, 1.54) is 5.39 Å². The number of rotatable bonds is 3. The second-order valence-corrected chi connectivity index (χ2v) is 7.00. The summed E-state index contributed by atoms with van der Waals surface area (Å²) in [5.74, 6) is 0. The van der Waals surface area contributed by atoms with Gasteiger partial charge in [0.05, 0.1) is 17.9 Å². The van der Waals surface area contributed by atoms with Gasteiger partial charge in [0.2, 0.25) is 0 Å². The van der Waals surface area contributed by atoms with Gasteiger partial charge in [0.15, 0.2) is 0 Å². The molecule has 0 amide bonds. The number of pyridine rings is 1. The maximum Gasteiger partial charge on any atom is 0.495 e. The van der Waals surface area contributed by atoms with Gasteiger partial charge >= 0.3 is 7.12 Å². The van der Waals surface area contributed by atoms with Crippen LogP contribution in [0, 0.1) is 0 Å². The SMILES string of the molecule is CO[C@H](C)c1ccccc1B1O[C@@H]2C=Cc3c(ncc4ccccc34)[C@@H]2O1. The van der Waals surface area contributed by atoms with E-state index in [0.29, 0.717) is 0 Å². The Morgan fingerprint density at radius 3 is 2.78 bits per heavy atom. The molecule has 4 nitrogen and oxygen atoms in total. The molecular weight excluding hydrogens is 337 g/mol. The summed E-state index contributed by atoms with van der Waals surface area (Å²) in [7, 11) is 1.28. The molecule has 1 saturated heterocycles. The van der Waals surface area contributed by atoms with Crippen LogP contribution in [0.3, 0.4) is 0 Å². The van der Waals surface area contributed by atoms with Gasteiger partial charge in [-0.25, -0.2) is 0 Å². The lowest BCUT2D eigenvalue weighted by molar-refractivity contribution is 0.120. The Hall–Kier alpha value is -2.47. The van der Waals surface area contributed by atoms with Crippen LogP contribution in [0.1, 0.15) is 36.0 Å². The van der Waals surface area contributed by atoms with E-state index in [1.54, 1.807) is 7.11 Å². The zero-order chi connectivity index (χ0) is 18.4. The minimum absolute atomic E-state index is 0.0269. The second-order valence-electron chi connectivity index (χ2n) is 7.00. The summed E-state index contributed by atoms with van der Waals surface area (Å²) in [6.45, 7) is 2.03. The molecule has 3 atom stereocenters. The Morgan fingerprint density at radius 1 is 1.07 bits per heavy atom. The lowest BCUT2D eigenvalue weighted by Crippen LogP contribution is -2.36. The predicted molar refractivity (Wildman–Crippen MR) is 107 cm³/mol. The van der Waals surface area contributed by atoms with Gasteiger partial charge < -0.3 is 14.0 Å². The Labute approximate surface area is 158 Å². The molecule has 1 fully saturated rings. The van der Waals surface area contributed by atoms with E-state index >= 15 is 0 Å². The number of methoxy groups -OCH3 is 1. The van der Waals surface area contributed by atoms with Crippen molar-refractivity contribution in [1.82, 2.24) is 4.98 Å². The van der Waals surface area contributed by atoms with Crippen LogP contribution in [-0.4, -0.2) is 25.3 Å². The van der Waals surface area contributed by atoms with Gasteiger partial charge in [-0.1, -0.05) is 60.7 Å². The summed E-state index contributed by atoms with van der Waals surface area (Å²) >= 11 is 0. The van der Waals surface area contributed by atoms with E-state index in [9.17, 15) is 0 Å². The number of ether oxygens (including phenoxy) is 1. The van der Waals surface area contributed by atoms with Crippen molar-refractivity contribution in [2.45, 2.75) is 25.2 Å². The van der Waals surface area contributed by atoms with E-state index < -0.39 is 7.12 Å². The Bertz CT molecular complexity index is 1030. The van der Waals surface area contributed by atoms with E-state index in [-0.39, 0.29) is 18.3 Å². The van der Waals surface area contributed by atoms with Crippen molar-refractivity contribution in [1.29, 1.82) is 0 Å². The third-order valence-corrected chi connectivity index (χ3v) is 5.48. The number of hydrogen-bond acceptors (Lipinski definition) is 4. The van der Waals surface area contributed by atoms with E-state index in [4.69, 9.17) is 19.0 Å². The summed E-state index contributed by atoms with van der Waals surface area (Å²) in [6.07, 6.45) is 5.75. The van der Waals surface area contributed by atoms with Crippen LogP contribution in [0.4, 0.5) is 0 Å². The molecule has 5 heteroatoms. The number of fused-ring (bicyclic) bond motifs is 5. The zero-order valence-electron chi connectivity index (χ0n) is 15.3. The highest BCUT2D eigenvalue weighted by Gasteiger charge is 2.44. The molecule has 2 aliphatic rings. The minimum Gasteiger partial charge on any atom is -0.398 e. The molecule has 0 saturated carbocycles. The fourth-order valence-corrected chi connectivity index (χ4v) is 3.99. The van der Waals surface area contributed by atoms with Crippen LogP contribution < -0.4 is 5.46 Å². The Morgan fingerprint density at radius 2 is 1.89 bits per heavy atom. The van der Waals surface area contributed by atoms with Crippen LogP contribution >= 0.6 is 0 Å². The fraction of sp³-hybridized carbons (Fsp3) is 0.227. The lowest BCUT2D eigenvalue weighted by atomic mass is 9.75. The molecule has 2 aromatic carbocycles. The minimum atomic E-state index is -0.433. The summed E-state index contributed by atoms with van der Waals surface area (Å²) in [6, 6.07) is 16.4. The molecular formula is C22H20BNO3. The molecule has 1 aliphatic carbocycles. The first-order valence-electron chi connectivity index (χ1n) is 9.24. The standard InChI is InChI=1S/C22H20BNO3/c1-14(25-2)16-8-5-6-10-19(16)23-26-20-12-11-18-17-9-4-3-7-15(17)13-24-21(18)22(20)27-23/h3-14,20,22H,1-2H3/t14-,20-,22-/m1/s1. The Kier molecular flexibility index (Phi) is 4.08. The first-order valence-corrected chi connectivity index (χ1v) is 9.24. The van der Waals surface area contributed by atoms with Gasteiger partial charge in [0.25, 0.3) is 0 Å². The largest absolute Gasteiger partial charge is 0.495 e. The quantitative estimate of drug-likeness (QED) is 0.669. The Balaban J connectivity index is 1.53. The van der Waals surface area contributed by atoms with E-state index in [0.717, 1.165) is 27.7 Å². The first kappa shape index (κ1) is 16.7. The van der Waals surface area contributed by atoms with Crippen LogP contribution in [0.5, 0.6) is 0 Å². The summed E-state index contributed by atoms with van der Waals surface area (Å²) in [5, 5.41) is 2.33. The molecule has 0 radical (unpaired) electrons. The van der Waals surface area contributed by atoms with Crippen LogP contribution in [-0.2, 0) is 14.0 Å². The molecule has 3 aromatic rings. The van der Waals surface area contributed by atoms with Crippen molar-refractivity contribution in [3.05, 3.63) is 77.6 Å². The lowest BCUT2D eigenvalue weighted by Gasteiger charge is -2.22. The molecule has 0 spiro atoms. The number of benzene rings is 2. The van der Waals surface area contributed by atoms with Crippen LogP contribution in [0.25, 0.3) is 16.8 Å². The third-order valence-electron chi connectivity index (χ3n) is 5.48. The predicted octanol–water partition coefficient (Wildman–Crippen LogP) is 3.82. The van der Waals surface area contributed by atoms with Crippen molar-refractivity contribution < 1.29 is 14.0 Å². The molecule has 0 bridgehead atoms. The van der Waals surface area contributed by atoms with Crippen LogP contribution in [0.15, 0.2) is 60.8 Å². The molecule has 1 aromatic heterocycles. The summed E-state index contributed by atoms with van der Waals surface area (Å²) < 4.78 is 18.1. The second kappa shape index (κ2) is 6.61. The summed E-state index contributed by atoms with van der Waals surface area (Å²) in [5.41, 5.74) is 4.16. The van der Waals surface area contributed by atoms with E-state index in [2.05, 4.69) is 36.4 Å². The molecule has 5 rings (SSSR count). The molecule has 2 heterocycles. The maximum atomic E-state index is 6.37. The smallest absolute Gasteiger partial charge is 0.398 e. The average Bonchev–Trinajstić information content (AvgIpc) is 3.17. The number of hydrogen-bond donors (Lipinski definition) is 0. The maximum absolute atomic E-state index is 6.37. The number of nitrogens with zero attached hydrogens (tertiary/aromatic N) is 1.